The largest absolute Gasteiger partial charge is 0.486 e. The molecule has 3 rings (SSSR count). The van der Waals surface area contributed by atoms with Crippen LogP contribution in [0, 0.1) is 18.6 Å². The fourth-order valence-corrected chi connectivity index (χ4v) is 2.81. The molecule has 0 unspecified atom stereocenters. The number of aromatic nitrogens is 3. The summed E-state index contributed by atoms with van der Waals surface area (Å²) in [6.07, 6.45) is 1.38. The van der Waals surface area contributed by atoms with Gasteiger partial charge >= 0.3 is 6.61 Å². The molecule has 0 radical (unpaired) electrons. The summed E-state index contributed by atoms with van der Waals surface area (Å²) in [5.74, 6) is 1.16. The lowest BCUT2D eigenvalue weighted by molar-refractivity contribution is -0.0499. The summed E-state index contributed by atoms with van der Waals surface area (Å²) in [6.45, 7) is 1.17. The summed E-state index contributed by atoms with van der Waals surface area (Å²) in [6, 6.07) is 12.2. The van der Waals surface area contributed by atoms with Crippen molar-refractivity contribution in [2.75, 3.05) is 0 Å². The predicted octanol–water partition coefficient (Wildman–Crippen LogP) is 4.62. The molecule has 1 N–H and O–H groups in total. The Balaban J connectivity index is 1.80. The van der Waals surface area contributed by atoms with Crippen LogP contribution in [-0.4, -0.2) is 27.7 Å². The lowest BCUT2D eigenvalue weighted by atomic mass is 10.1. The second-order valence-electron chi connectivity index (χ2n) is 6.03. The van der Waals surface area contributed by atoms with Crippen LogP contribution in [0.15, 0.2) is 47.6 Å². The molecule has 0 aliphatic carbocycles. The minimum Gasteiger partial charge on any atom is -0.486 e. The zero-order valence-electron chi connectivity index (χ0n) is 15.2. The smallest absolute Gasteiger partial charge is 0.387 e. The number of benzene rings is 2. The molecular formula is C19H18F2N4O2S. The van der Waals surface area contributed by atoms with Gasteiger partial charge in [-0.3, -0.25) is 0 Å². The van der Waals surface area contributed by atoms with Crippen molar-refractivity contribution < 1.29 is 18.3 Å². The maximum atomic E-state index is 12.5. The summed E-state index contributed by atoms with van der Waals surface area (Å²) in [4.78, 5) is 0. The number of H-pyrrole nitrogens is 1. The number of hydrogen-bond acceptors (Lipinski definition) is 5. The molecule has 0 fully saturated rings. The molecule has 1 aromatic heterocycles. The molecule has 28 heavy (non-hydrogen) atoms. The number of nitrogens with zero attached hydrogens (tertiary/aromatic N) is 3. The monoisotopic (exact) mass is 404 g/mol. The molecule has 0 aliphatic heterocycles. The van der Waals surface area contributed by atoms with E-state index in [-0.39, 0.29) is 17.1 Å². The topological polar surface area (TPSA) is 64.4 Å². The summed E-state index contributed by atoms with van der Waals surface area (Å²) in [7, 11) is 0. The molecule has 146 valence electrons. The zero-order chi connectivity index (χ0) is 20.1. The van der Waals surface area contributed by atoms with Crippen LogP contribution in [0.1, 0.15) is 22.5 Å². The lowest BCUT2D eigenvalue weighted by Gasteiger charge is -2.08. The molecule has 9 heteroatoms. The first-order chi connectivity index (χ1) is 13.4. The minimum absolute atomic E-state index is 0.0179. The number of hydrogen-bond donors (Lipinski definition) is 1. The fourth-order valence-electron chi connectivity index (χ4n) is 2.61. The van der Waals surface area contributed by atoms with Crippen LogP contribution in [0.3, 0.4) is 0 Å². The van der Waals surface area contributed by atoms with E-state index in [2.05, 4.69) is 20.0 Å². The van der Waals surface area contributed by atoms with Crippen molar-refractivity contribution in [1.29, 1.82) is 0 Å². The van der Waals surface area contributed by atoms with Crippen LogP contribution in [0.5, 0.6) is 11.5 Å². The standard InChI is InChI=1S/C19H18F2N4O2S/c1-12-7-13(2)9-15(8-12)26-11-17-23-24-19(28)25(17)22-10-14-5-3-4-6-16(14)27-18(20)21/h3-10,18H,11H2,1-2H3,(H,24,28)/b22-10-. The van der Waals surface area contributed by atoms with E-state index in [1.54, 1.807) is 18.2 Å². The average Bonchev–Trinajstić information content (AvgIpc) is 2.98. The van der Waals surface area contributed by atoms with Crippen molar-refractivity contribution in [2.45, 2.75) is 27.1 Å². The number of aromatic amines is 1. The van der Waals surface area contributed by atoms with Gasteiger partial charge in [0.05, 0.1) is 6.21 Å². The highest BCUT2D eigenvalue weighted by atomic mass is 32.1. The predicted molar refractivity (Wildman–Crippen MR) is 104 cm³/mol. The zero-order valence-corrected chi connectivity index (χ0v) is 16.0. The highest BCUT2D eigenvalue weighted by molar-refractivity contribution is 7.71. The molecule has 0 bridgehead atoms. The Morgan fingerprint density at radius 2 is 1.93 bits per heavy atom. The van der Waals surface area contributed by atoms with Gasteiger partial charge in [0.25, 0.3) is 0 Å². The van der Waals surface area contributed by atoms with E-state index < -0.39 is 6.61 Å². The van der Waals surface area contributed by atoms with E-state index in [0.29, 0.717) is 17.1 Å². The number of rotatable bonds is 7. The molecule has 0 amide bonds. The van der Waals surface area contributed by atoms with Crippen molar-refractivity contribution in [1.82, 2.24) is 14.9 Å². The van der Waals surface area contributed by atoms with E-state index in [0.717, 1.165) is 11.1 Å². The van der Waals surface area contributed by atoms with Gasteiger partial charge in [0, 0.05) is 5.56 Å². The summed E-state index contributed by atoms with van der Waals surface area (Å²) < 4.78 is 37.0. The van der Waals surface area contributed by atoms with Crippen LogP contribution in [-0.2, 0) is 6.61 Å². The highest BCUT2D eigenvalue weighted by Gasteiger charge is 2.09. The number of aryl methyl sites for hydroxylation is 2. The Hall–Kier alpha value is -3.07. The molecule has 6 nitrogen and oxygen atoms in total. The lowest BCUT2D eigenvalue weighted by Crippen LogP contribution is -2.06. The van der Waals surface area contributed by atoms with Crippen LogP contribution < -0.4 is 9.47 Å². The molecule has 0 saturated heterocycles. The summed E-state index contributed by atoms with van der Waals surface area (Å²) in [5, 5.41) is 11.0. The van der Waals surface area contributed by atoms with Crippen molar-refractivity contribution in [3.63, 3.8) is 0 Å². The number of para-hydroxylation sites is 1. The Morgan fingerprint density at radius 1 is 1.21 bits per heavy atom. The second kappa shape index (κ2) is 8.75. The van der Waals surface area contributed by atoms with Crippen LogP contribution in [0.2, 0.25) is 0 Å². The van der Waals surface area contributed by atoms with Crippen LogP contribution >= 0.6 is 12.2 Å². The third-order valence-corrected chi connectivity index (χ3v) is 3.99. The van der Waals surface area contributed by atoms with Gasteiger partial charge < -0.3 is 9.47 Å². The Bertz CT molecular complexity index is 1030. The van der Waals surface area contributed by atoms with Gasteiger partial charge in [-0.25, -0.2) is 5.10 Å². The Labute approximate surface area is 165 Å². The van der Waals surface area contributed by atoms with Crippen molar-refractivity contribution in [3.8, 4) is 11.5 Å². The van der Waals surface area contributed by atoms with E-state index in [1.165, 1.54) is 17.0 Å². The number of ether oxygens (including phenoxy) is 2. The quantitative estimate of drug-likeness (QED) is 0.461. The van der Waals surface area contributed by atoms with Gasteiger partial charge in [0.15, 0.2) is 5.82 Å². The molecule has 0 saturated carbocycles. The molecule has 0 spiro atoms. The van der Waals surface area contributed by atoms with Crippen molar-refractivity contribution in [2.24, 2.45) is 5.10 Å². The van der Waals surface area contributed by atoms with Crippen LogP contribution in [0.4, 0.5) is 8.78 Å². The fraction of sp³-hybridized carbons (Fsp3) is 0.211. The van der Waals surface area contributed by atoms with Gasteiger partial charge in [0.2, 0.25) is 4.77 Å². The van der Waals surface area contributed by atoms with Gasteiger partial charge in [-0.15, -0.1) is 0 Å². The first-order valence-electron chi connectivity index (χ1n) is 8.38. The first-order valence-corrected chi connectivity index (χ1v) is 8.79. The third-order valence-electron chi connectivity index (χ3n) is 3.73. The molecule has 2 aromatic carbocycles. The minimum atomic E-state index is -2.92. The average molecular weight is 404 g/mol. The van der Waals surface area contributed by atoms with Crippen molar-refractivity contribution in [3.05, 3.63) is 69.8 Å². The molecular weight excluding hydrogens is 386 g/mol. The van der Waals surface area contributed by atoms with E-state index in [1.807, 2.05) is 32.0 Å². The van der Waals surface area contributed by atoms with Gasteiger partial charge in [0.1, 0.15) is 18.1 Å². The first kappa shape index (κ1) is 19.7. The van der Waals surface area contributed by atoms with E-state index in [9.17, 15) is 8.78 Å². The van der Waals surface area contributed by atoms with Gasteiger partial charge in [-0.05, 0) is 61.5 Å². The Kier molecular flexibility index (Phi) is 6.15. The second-order valence-corrected chi connectivity index (χ2v) is 6.42. The Morgan fingerprint density at radius 3 is 2.64 bits per heavy atom. The molecule has 3 aromatic rings. The van der Waals surface area contributed by atoms with Crippen LogP contribution in [0.25, 0.3) is 0 Å². The molecule has 0 atom stereocenters. The van der Waals surface area contributed by atoms with Gasteiger partial charge in [-0.2, -0.15) is 23.7 Å². The molecule has 0 aliphatic rings. The number of alkyl halides is 2. The van der Waals surface area contributed by atoms with E-state index >= 15 is 0 Å². The third kappa shape index (κ3) is 5.01. The number of nitrogens with one attached hydrogen (secondary N) is 1. The van der Waals surface area contributed by atoms with Gasteiger partial charge in [-0.1, -0.05) is 18.2 Å². The SMILES string of the molecule is Cc1cc(C)cc(OCc2n[nH]c(=S)n2/N=C\c2ccccc2OC(F)F)c1. The normalized spacial score (nSPS) is 11.3. The molecule has 1 heterocycles. The van der Waals surface area contributed by atoms with E-state index in [4.69, 9.17) is 17.0 Å². The summed E-state index contributed by atoms with van der Waals surface area (Å²) in [5.41, 5.74) is 2.55. The summed E-state index contributed by atoms with van der Waals surface area (Å²) >= 11 is 5.19. The maximum absolute atomic E-state index is 12.5. The van der Waals surface area contributed by atoms with Crippen molar-refractivity contribution >= 4 is 18.4 Å². The highest BCUT2D eigenvalue weighted by Crippen LogP contribution is 2.19. The number of halogens is 2. The maximum Gasteiger partial charge on any atom is 0.387 e.